The van der Waals surface area contributed by atoms with E-state index >= 15 is 0 Å². The van der Waals surface area contributed by atoms with Crippen molar-refractivity contribution in [1.29, 1.82) is 0 Å². The number of anilines is 1. The minimum absolute atomic E-state index is 0.183. The highest BCUT2D eigenvalue weighted by atomic mass is 19.1. The summed E-state index contributed by atoms with van der Waals surface area (Å²) in [6.07, 6.45) is 0. The van der Waals surface area contributed by atoms with Gasteiger partial charge in [0, 0.05) is 17.8 Å². The summed E-state index contributed by atoms with van der Waals surface area (Å²) < 4.78 is 31.5. The molecule has 2 rings (SSSR count). The molecule has 0 radical (unpaired) electrons. The Kier molecular flexibility index (Phi) is 3.28. The van der Waals surface area contributed by atoms with Crippen LogP contribution in [-0.2, 0) is 0 Å². The summed E-state index contributed by atoms with van der Waals surface area (Å²) >= 11 is 0. The quantitative estimate of drug-likeness (QED) is 0.525. The zero-order valence-corrected chi connectivity index (χ0v) is 9.47. The Balaban J connectivity index is 2.44. The molecule has 0 fully saturated rings. The van der Waals surface area contributed by atoms with Crippen molar-refractivity contribution in [3.05, 3.63) is 58.1 Å². The summed E-state index contributed by atoms with van der Waals surface area (Å²) in [4.78, 5) is 9.77. The van der Waals surface area contributed by atoms with E-state index in [9.17, 15) is 18.9 Å². The maximum Gasteiger partial charge on any atom is 0.347 e. The van der Waals surface area contributed by atoms with Gasteiger partial charge in [-0.25, -0.2) is 4.39 Å². The Labute approximate surface area is 106 Å². The van der Waals surface area contributed by atoms with Gasteiger partial charge < -0.3 is 10.5 Å². The van der Waals surface area contributed by atoms with Gasteiger partial charge in [0.1, 0.15) is 11.6 Å². The van der Waals surface area contributed by atoms with E-state index < -0.39 is 28.0 Å². The second-order valence-corrected chi connectivity index (χ2v) is 3.66. The van der Waals surface area contributed by atoms with Gasteiger partial charge in [-0.05, 0) is 24.3 Å². The second-order valence-electron chi connectivity index (χ2n) is 3.66. The van der Waals surface area contributed by atoms with Crippen LogP contribution in [0.25, 0.3) is 0 Å². The van der Waals surface area contributed by atoms with Crippen LogP contribution >= 0.6 is 0 Å². The minimum atomic E-state index is -1.30. The third-order valence-corrected chi connectivity index (χ3v) is 2.28. The Hall–Kier alpha value is -2.70. The van der Waals surface area contributed by atoms with Crippen molar-refractivity contribution >= 4 is 11.4 Å². The molecular formula is C12H8F2N2O3. The van der Waals surface area contributed by atoms with E-state index in [1.54, 1.807) is 0 Å². The van der Waals surface area contributed by atoms with Crippen LogP contribution < -0.4 is 10.5 Å². The smallest absolute Gasteiger partial charge is 0.347 e. The molecule has 7 heteroatoms. The third-order valence-electron chi connectivity index (χ3n) is 2.28. The maximum absolute atomic E-state index is 13.3. The molecule has 19 heavy (non-hydrogen) atoms. The van der Waals surface area contributed by atoms with Crippen molar-refractivity contribution < 1.29 is 18.4 Å². The van der Waals surface area contributed by atoms with E-state index in [4.69, 9.17) is 10.5 Å². The average Bonchev–Trinajstić information content (AvgIpc) is 2.30. The standard InChI is InChI=1S/C12H8F2N2O3/c13-7-5-10(14)12(16(17)18)11(6-7)19-9-3-1-8(15)2-4-9/h1-6H,15H2. The van der Waals surface area contributed by atoms with Gasteiger partial charge in [-0.15, -0.1) is 0 Å². The first-order valence-electron chi connectivity index (χ1n) is 5.14. The Morgan fingerprint density at radius 3 is 2.37 bits per heavy atom. The molecule has 0 aromatic heterocycles. The van der Waals surface area contributed by atoms with Gasteiger partial charge in [-0.2, -0.15) is 4.39 Å². The number of nitro benzene ring substituents is 1. The fourth-order valence-electron chi connectivity index (χ4n) is 1.46. The zero-order valence-electron chi connectivity index (χ0n) is 9.47. The molecule has 2 aromatic carbocycles. The van der Waals surface area contributed by atoms with Gasteiger partial charge >= 0.3 is 5.69 Å². The number of nitrogens with two attached hydrogens (primary N) is 1. The van der Waals surface area contributed by atoms with Crippen LogP contribution in [0, 0.1) is 21.7 Å². The number of hydrogen-bond acceptors (Lipinski definition) is 4. The van der Waals surface area contributed by atoms with Crippen molar-refractivity contribution in [2.45, 2.75) is 0 Å². The number of benzene rings is 2. The molecule has 0 bridgehead atoms. The van der Waals surface area contributed by atoms with Crippen LogP contribution in [0.5, 0.6) is 11.5 Å². The summed E-state index contributed by atoms with van der Waals surface area (Å²) in [6, 6.07) is 7.03. The van der Waals surface area contributed by atoms with Crippen LogP contribution in [-0.4, -0.2) is 4.92 Å². The van der Waals surface area contributed by atoms with Gasteiger partial charge in [-0.1, -0.05) is 0 Å². The summed E-state index contributed by atoms with van der Waals surface area (Å²) in [5.41, 5.74) is 5.01. The van der Waals surface area contributed by atoms with Gasteiger partial charge in [0.2, 0.25) is 11.6 Å². The summed E-state index contributed by atoms with van der Waals surface area (Å²) in [7, 11) is 0. The minimum Gasteiger partial charge on any atom is -0.450 e. The predicted octanol–water partition coefficient (Wildman–Crippen LogP) is 3.25. The molecule has 0 saturated carbocycles. The van der Waals surface area contributed by atoms with Crippen molar-refractivity contribution in [3.8, 4) is 11.5 Å². The molecule has 0 aliphatic heterocycles. The van der Waals surface area contributed by atoms with Crippen molar-refractivity contribution in [3.63, 3.8) is 0 Å². The monoisotopic (exact) mass is 266 g/mol. The van der Waals surface area contributed by atoms with Crippen LogP contribution in [0.3, 0.4) is 0 Å². The highest BCUT2D eigenvalue weighted by Gasteiger charge is 2.23. The van der Waals surface area contributed by atoms with Crippen LogP contribution in [0.1, 0.15) is 0 Å². The van der Waals surface area contributed by atoms with E-state index in [-0.39, 0.29) is 5.75 Å². The molecule has 0 aliphatic carbocycles. The first kappa shape index (κ1) is 12.7. The third kappa shape index (κ3) is 2.76. The number of hydrogen-bond donors (Lipinski definition) is 1. The molecule has 98 valence electrons. The number of nitrogens with zero attached hydrogens (tertiary/aromatic N) is 1. The molecule has 2 N–H and O–H groups in total. The van der Waals surface area contributed by atoms with Gasteiger partial charge in [0.25, 0.3) is 0 Å². The largest absolute Gasteiger partial charge is 0.450 e. The Morgan fingerprint density at radius 1 is 1.16 bits per heavy atom. The first-order chi connectivity index (χ1) is 8.97. The molecule has 0 spiro atoms. The summed E-state index contributed by atoms with van der Waals surface area (Å²) in [6.45, 7) is 0. The number of ether oxygens (including phenoxy) is 1. The Morgan fingerprint density at radius 2 is 1.79 bits per heavy atom. The van der Waals surface area contributed by atoms with Crippen molar-refractivity contribution in [2.24, 2.45) is 0 Å². The molecule has 0 saturated heterocycles. The molecule has 0 aliphatic rings. The average molecular weight is 266 g/mol. The molecule has 5 nitrogen and oxygen atoms in total. The first-order valence-corrected chi connectivity index (χ1v) is 5.14. The molecule has 2 aromatic rings. The Bertz CT molecular complexity index is 630. The van der Waals surface area contributed by atoms with E-state index in [0.717, 1.165) is 6.07 Å². The predicted molar refractivity (Wildman–Crippen MR) is 63.9 cm³/mol. The van der Waals surface area contributed by atoms with Crippen molar-refractivity contribution in [1.82, 2.24) is 0 Å². The zero-order chi connectivity index (χ0) is 14.0. The number of halogens is 2. The maximum atomic E-state index is 13.3. The molecule has 0 atom stereocenters. The topological polar surface area (TPSA) is 78.4 Å². The lowest BCUT2D eigenvalue weighted by Crippen LogP contribution is -1.98. The fraction of sp³-hybridized carbons (Fsp3) is 0. The van der Waals surface area contributed by atoms with Crippen LogP contribution in [0.2, 0.25) is 0 Å². The van der Waals surface area contributed by atoms with Gasteiger partial charge in [0.05, 0.1) is 4.92 Å². The highest BCUT2D eigenvalue weighted by molar-refractivity contribution is 5.50. The van der Waals surface area contributed by atoms with E-state index in [0.29, 0.717) is 11.8 Å². The van der Waals surface area contributed by atoms with Crippen LogP contribution in [0.15, 0.2) is 36.4 Å². The second kappa shape index (κ2) is 4.89. The van der Waals surface area contributed by atoms with Gasteiger partial charge in [-0.3, -0.25) is 10.1 Å². The fourth-order valence-corrected chi connectivity index (χ4v) is 1.46. The van der Waals surface area contributed by atoms with E-state index in [1.165, 1.54) is 24.3 Å². The normalized spacial score (nSPS) is 10.2. The van der Waals surface area contributed by atoms with E-state index in [1.807, 2.05) is 0 Å². The molecule has 0 heterocycles. The lowest BCUT2D eigenvalue weighted by Gasteiger charge is -2.07. The van der Waals surface area contributed by atoms with Crippen molar-refractivity contribution in [2.75, 3.05) is 5.73 Å². The van der Waals surface area contributed by atoms with Gasteiger partial charge in [0.15, 0.2) is 0 Å². The summed E-state index contributed by atoms with van der Waals surface area (Å²) in [5, 5.41) is 10.7. The SMILES string of the molecule is Nc1ccc(Oc2cc(F)cc(F)c2[N+](=O)[O-])cc1. The highest BCUT2D eigenvalue weighted by Crippen LogP contribution is 2.34. The summed E-state index contributed by atoms with van der Waals surface area (Å²) in [5.74, 6) is -2.58. The molecule has 0 unspecified atom stereocenters. The lowest BCUT2D eigenvalue weighted by molar-refractivity contribution is -0.388. The number of nitro groups is 1. The van der Waals surface area contributed by atoms with E-state index in [2.05, 4.69) is 0 Å². The molecule has 0 amide bonds. The number of rotatable bonds is 3. The lowest BCUT2D eigenvalue weighted by atomic mass is 10.2. The molecular weight excluding hydrogens is 258 g/mol. The number of nitrogen functional groups attached to an aromatic ring is 1. The van der Waals surface area contributed by atoms with Crippen LogP contribution in [0.4, 0.5) is 20.2 Å².